The molecule has 0 N–H and O–H groups in total. The summed E-state index contributed by atoms with van der Waals surface area (Å²) in [7, 11) is -6.99. The Labute approximate surface area is 129 Å². The Kier molecular flexibility index (Phi) is 4.89. The molecule has 7 nitrogen and oxygen atoms in total. The molecule has 0 aromatic carbocycles. The van der Waals surface area contributed by atoms with Gasteiger partial charge in [0.15, 0.2) is 5.03 Å². The third kappa shape index (κ3) is 3.72. The predicted molar refractivity (Wildman–Crippen MR) is 79.0 cm³/mol. The molecule has 0 atom stereocenters. The topological polar surface area (TPSA) is 87.7 Å². The lowest BCUT2D eigenvalue weighted by Crippen LogP contribution is -2.50. The molecule has 0 saturated carbocycles. The van der Waals surface area contributed by atoms with Crippen LogP contribution in [0.15, 0.2) is 23.4 Å². The van der Waals surface area contributed by atoms with Gasteiger partial charge >= 0.3 is 0 Å². The summed E-state index contributed by atoms with van der Waals surface area (Å²) >= 11 is 5.64. The van der Waals surface area contributed by atoms with Gasteiger partial charge in [0, 0.05) is 38.3 Å². The first-order valence-corrected chi connectivity index (χ1v) is 10.0. The molecule has 0 spiro atoms. The molecule has 1 fully saturated rings. The fourth-order valence-electron chi connectivity index (χ4n) is 2.02. The third-order valence-corrected chi connectivity index (χ3v) is 6.65. The fourth-order valence-corrected chi connectivity index (χ4v) is 4.34. The normalized spacial score (nSPS) is 18.8. The molecule has 0 aliphatic carbocycles. The van der Waals surface area contributed by atoms with Crippen LogP contribution in [0.5, 0.6) is 0 Å². The van der Waals surface area contributed by atoms with E-state index in [1.54, 1.807) is 6.07 Å². The zero-order valence-corrected chi connectivity index (χ0v) is 13.8. The van der Waals surface area contributed by atoms with E-state index in [0.29, 0.717) is 0 Å². The Hall–Kier alpha value is -0.740. The maximum absolute atomic E-state index is 12.4. The maximum Gasteiger partial charge on any atom is 0.260 e. The van der Waals surface area contributed by atoms with Gasteiger partial charge < -0.3 is 0 Å². The molecule has 10 heteroatoms. The van der Waals surface area contributed by atoms with Crippen molar-refractivity contribution in [1.29, 1.82) is 0 Å². The van der Waals surface area contributed by atoms with Crippen molar-refractivity contribution in [1.82, 2.24) is 13.6 Å². The molecular weight excluding hydrogens is 338 g/mol. The number of hydrogen-bond donors (Lipinski definition) is 0. The van der Waals surface area contributed by atoms with Crippen molar-refractivity contribution < 1.29 is 16.8 Å². The van der Waals surface area contributed by atoms with E-state index in [1.165, 1.54) is 20.9 Å². The van der Waals surface area contributed by atoms with E-state index in [9.17, 15) is 16.8 Å². The van der Waals surface area contributed by atoms with Crippen LogP contribution in [0, 0.1) is 0 Å². The first kappa shape index (κ1) is 16.6. The van der Waals surface area contributed by atoms with Crippen LogP contribution in [0.1, 0.15) is 5.56 Å². The van der Waals surface area contributed by atoms with Crippen LogP contribution in [0.2, 0.25) is 0 Å². The van der Waals surface area contributed by atoms with Gasteiger partial charge in [-0.15, -0.1) is 11.6 Å². The fraction of sp³-hybridized carbons (Fsp3) is 0.545. The Morgan fingerprint density at radius 3 is 2.10 bits per heavy atom. The number of halogens is 1. The van der Waals surface area contributed by atoms with Gasteiger partial charge in [0.05, 0.1) is 6.26 Å². The summed E-state index contributed by atoms with van der Waals surface area (Å²) in [6.07, 6.45) is 2.54. The van der Waals surface area contributed by atoms with Crippen molar-refractivity contribution >= 4 is 31.6 Å². The van der Waals surface area contributed by atoms with Crippen molar-refractivity contribution in [3.8, 4) is 0 Å². The van der Waals surface area contributed by atoms with Crippen molar-refractivity contribution in [3.63, 3.8) is 0 Å². The van der Waals surface area contributed by atoms with E-state index in [1.807, 2.05) is 0 Å². The van der Waals surface area contributed by atoms with Gasteiger partial charge in [0.25, 0.3) is 10.0 Å². The first-order valence-electron chi connectivity index (χ1n) is 6.21. The highest BCUT2D eigenvalue weighted by atomic mass is 35.5. The monoisotopic (exact) mass is 353 g/mol. The van der Waals surface area contributed by atoms with Crippen LogP contribution in [0.4, 0.5) is 0 Å². The van der Waals surface area contributed by atoms with Gasteiger partial charge in [0.2, 0.25) is 10.0 Å². The summed E-state index contributed by atoms with van der Waals surface area (Å²) in [6.45, 7) is 0.540. The minimum absolute atomic E-state index is 0.0517. The highest BCUT2D eigenvalue weighted by Crippen LogP contribution is 2.17. The molecule has 0 bridgehead atoms. The first-order chi connectivity index (χ1) is 9.75. The van der Waals surface area contributed by atoms with E-state index >= 15 is 0 Å². The van der Waals surface area contributed by atoms with Gasteiger partial charge in [0.1, 0.15) is 0 Å². The molecule has 1 aliphatic heterocycles. The Bertz CT molecular complexity index is 695. The zero-order chi connectivity index (χ0) is 15.7. The molecule has 2 rings (SSSR count). The second-order valence-electron chi connectivity index (χ2n) is 4.70. The standard InChI is InChI=1S/C11H16ClN3O4S2/c1-20(16,17)14-4-6-15(7-5-14)21(18,19)11-3-2-10(8-12)9-13-11/h2-3,9H,4-8H2,1H3. The summed E-state index contributed by atoms with van der Waals surface area (Å²) in [5, 5.41) is -0.0517. The Morgan fingerprint density at radius 1 is 1.10 bits per heavy atom. The van der Waals surface area contributed by atoms with Crippen molar-refractivity contribution in [2.45, 2.75) is 10.9 Å². The summed E-state index contributed by atoms with van der Waals surface area (Å²) < 4.78 is 50.2. The van der Waals surface area contributed by atoms with Crippen molar-refractivity contribution in [3.05, 3.63) is 23.9 Å². The van der Waals surface area contributed by atoms with E-state index in [0.717, 1.165) is 11.8 Å². The lowest BCUT2D eigenvalue weighted by atomic mass is 10.3. The largest absolute Gasteiger partial charge is 0.260 e. The average molecular weight is 354 g/mol. The summed E-state index contributed by atoms with van der Waals surface area (Å²) in [4.78, 5) is 3.92. The van der Waals surface area contributed by atoms with Gasteiger partial charge in [-0.2, -0.15) is 8.61 Å². The highest BCUT2D eigenvalue weighted by molar-refractivity contribution is 7.89. The summed E-state index contributed by atoms with van der Waals surface area (Å²) in [5.74, 6) is 0.264. The van der Waals surface area contributed by atoms with Gasteiger partial charge in [-0.25, -0.2) is 21.8 Å². The van der Waals surface area contributed by atoms with Crippen LogP contribution in [0.3, 0.4) is 0 Å². The van der Waals surface area contributed by atoms with Crippen LogP contribution in [-0.4, -0.2) is 62.9 Å². The summed E-state index contributed by atoms with van der Waals surface area (Å²) in [6, 6.07) is 3.02. The minimum Gasteiger partial charge on any atom is -0.243 e. The number of alkyl halides is 1. The molecule has 118 valence electrons. The number of sulfonamides is 2. The smallest absolute Gasteiger partial charge is 0.243 e. The Balaban J connectivity index is 2.14. The lowest BCUT2D eigenvalue weighted by molar-refractivity contribution is 0.273. The predicted octanol–water partition coefficient (Wildman–Crippen LogP) is 0.0863. The minimum atomic E-state index is -3.70. The van der Waals surface area contributed by atoms with Crippen LogP contribution >= 0.6 is 11.6 Å². The van der Waals surface area contributed by atoms with Crippen molar-refractivity contribution in [2.24, 2.45) is 0 Å². The second kappa shape index (κ2) is 6.17. The Morgan fingerprint density at radius 2 is 1.67 bits per heavy atom. The van der Waals surface area contributed by atoms with Gasteiger partial charge in [-0.1, -0.05) is 6.07 Å². The average Bonchev–Trinajstić information content (AvgIpc) is 2.46. The maximum atomic E-state index is 12.4. The number of aromatic nitrogens is 1. The quantitative estimate of drug-likeness (QED) is 0.716. The van der Waals surface area contributed by atoms with Gasteiger partial charge in [-0.05, 0) is 11.6 Å². The van der Waals surface area contributed by atoms with Crippen LogP contribution in [0.25, 0.3) is 0 Å². The molecule has 1 saturated heterocycles. The van der Waals surface area contributed by atoms with E-state index < -0.39 is 20.0 Å². The molecule has 1 aromatic rings. The highest BCUT2D eigenvalue weighted by Gasteiger charge is 2.31. The van der Waals surface area contributed by atoms with Crippen LogP contribution in [-0.2, 0) is 25.9 Å². The summed E-state index contributed by atoms with van der Waals surface area (Å²) in [5.41, 5.74) is 0.734. The SMILES string of the molecule is CS(=O)(=O)N1CCN(S(=O)(=O)c2ccc(CCl)cn2)CC1. The van der Waals surface area contributed by atoms with E-state index in [2.05, 4.69) is 4.98 Å². The molecule has 21 heavy (non-hydrogen) atoms. The molecular formula is C11H16ClN3O4S2. The zero-order valence-electron chi connectivity index (χ0n) is 11.4. The molecule has 0 amide bonds. The van der Waals surface area contributed by atoms with Gasteiger partial charge in [-0.3, -0.25) is 0 Å². The van der Waals surface area contributed by atoms with E-state index in [-0.39, 0.29) is 37.1 Å². The molecule has 2 heterocycles. The third-order valence-electron chi connectivity index (χ3n) is 3.22. The molecule has 0 radical (unpaired) electrons. The second-order valence-corrected chi connectivity index (χ2v) is 8.84. The number of rotatable bonds is 4. The van der Waals surface area contributed by atoms with Crippen LogP contribution < -0.4 is 0 Å². The number of pyridine rings is 1. The molecule has 1 aromatic heterocycles. The molecule has 1 aliphatic rings. The number of nitrogens with zero attached hydrogens (tertiary/aromatic N) is 3. The molecule has 0 unspecified atom stereocenters. The van der Waals surface area contributed by atoms with Crippen molar-refractivity contribution in [2.75, 3.05) is 32.4 Å². The lowest BCUT2D eigenvalue weighted by Gasteiger charge is -2.32. The number of hydrogen-bond acceptors (Lipinski definition) is 5. The van der Waals surface area contributed by atoms with E-state index in [4.69, 9.17) is 11.6 Å². The number of piperazine rings is 1.